The molecule has 4 nitrogen and oxygen atoms in total. The van der Waals surface area contributed by atoms with Crippen molar-refractivity contribution in [3.05, 3.63) is 23.8 Å². The molecule has 1 heterocycles. The smallest absolute Gasteiger partial charge is 0.243 e. The summed E-state index contributed by atoms with van der Waals surface area (Å²) in [5, 5.41) is 0. The third-order valence-corrected chi connectivity index (χ3v) is 6.17. The Morgan fingerprint density at radius 1 is 1.20 bits per heavy atom. The van der Waals surface area contributed by atoms with Gasteiger partial charge in [-0.1, -0.05) is 19.9 Å². The highest BCUT2D eigenvalue weighted by Crippen LogP contribution is 2.32. The Morgan fingerprint density at radius 2 is 1.90 bits per heavy atom. The first-order valence-corrected chi connectivity index (χ1v) is 8.53. The molecular weight excluding hydrogens is 272 g/mol. The molecule has 1 aromatic rings. The Hall–Kier alpha value is -1.07. The minimum atomic E-state index is -3.44. The molecule has 0 bridgehead atoms. The molecule has 2 N–H and O–H groups in total. The van der Waals surface area contributed by atoms with Crippen molar-refractivity contribution in [2.24, 2.45) is 5.41 Å². The number of hydrogen-bond acceptors (Lipinski definition) is 3. The number of nitrogen functional groups attached to an aromatic ring is 1. The molecule has 0 atom stereocenters. The highest BCUT2D eigenvalue weighted by molar-refractivity contribution is 7.89. The second-order valence-electron chi connectivity index (χ2n) is 6.45. The SMILES string of the molecule is Cc1ccc(N)cc1S(=O)(=O)N1CCCC(C)(C)CC1. The third kappa shape index (κ3) is 3.15. The van der Waals surface area contributed by atoms with Gasteiger partial charge in [0, 0.05) is 18.8 Å². The van der Waals surface area contributed by atoms with E-state index >= 15 is 0 Å². The molecule has 20 heavy (non-hydrogen) atoms. The maximum absolute atomic E-state index is 12.8. The summed E-state index contributed by atoms with van der Waals surface area (Å²) in [4.78, 5) is 0.345. The second-order valence-corrected chi connectivity index (χ2v) is 8.35. The maximum Gasteiger partial charge on any atom is 0.243 e. The van der Waals surface area contributed by atoms with Crippen LogP contribution in [0.1, 0.15) is 38.7 Å². The van der Waals surface area contributed by atoms with Gasteiger partial charge in [-0.05, 0) is 49.3 Å². The zero-order valence-corrected chi connectivity index (χ0v) is 13.3. The van der Waals surface area contributed by atoms with Crippen LogP contribution in [0.25, 0.3) is 0 Å². The number of nitrogens with zero attached hydrogens (tertiary/aromatic N) is 1. The Morgan fingerprint density at radius 3 is 2.60 bits per heavy atom. The monoisotopic (exact) mass is 296 g/mol. The van der Waals surface area contributed by atoms with E-state index in [1.54, 1.807) is 22.5 Å². The number of nitrogens with two attached hydrogens (primary N) is 1. The average molecular weight is 296 g/mol. The predicted molar refractivity (Wildman–Crippen MR) is 82.0 cm³/mol. The summed E-state index contributed by atoms with van der Waals surface area (Å²) in [6.45, 7) is 7.40. The first-order valence-electron chi connectivity index (χ1n) is 7.09. The Labute approximate surface area is 122 Å². The van der Waals surface area contributed by atoms with Crippen molar-refractivity contribution in [1.82, 2.24) is 4.31 Å². The lowest BCUT2D eigenvalue weighted by molar-refractivity contribution is 0.315. The minimum absolute atomic E-state index is 0.217. The summed E-state index contributed by atoms with van der Waals surface area (Å²) in [7, 11) is -3.44. The molecule has 1 aliphatic heterocycles. The van der Waals surface area contributed by atoms with Crippen molar-refractivity contribution in [1.29, 1.82) is 0 Å². The van der Waals surface area contributed by atoms with Crippen LogP contribution in [0.5, 0.6) is 0 Å². The molecule has 0 saturated carbocycles. The lowest BCUT2D eigenvalue weighted by Crippen LogP contribution is -2.33. The molecule has 1 aliphatic rings. The average Bonchev–Trinajstić information content (AvgIpc) is 2.53. The van der Waals surface area contributed by atoms with Crippen LogP contribution < -0.4 is 5.73 Å². The van der Waals surface area contributed by atoms with Crippen LogP contribution >= 0.6 is 0 Å². The van der Waals surface area contributed by atoms with Crippen molar-refractivity contribution in [2.75, 3.05) is 18.8 Å². The Kier molecular flexibility index (Phi) is 4.12. The van der Waals surface area contributed by atoms with Crippen molar-refractivity contribution < 1.29 is 8.42 Å². The summed E-state index contributed by atoms with van der Waals surface area (Å²) in [6, 6.07) is 5.07. The van der Waals surface area contributed by atoms with Crippen molar-refractivity contribution in [3.63, 3.8) is 0 Å². The van der Waals surface area contributed by atoms with Crippen LogP contribution in [0.2, 0.25) is 0 Å². The number of rotatable bonds is 2. The van der Waals surface area contributed by atoms with Crippen LogP contribution in [-0.4, -0.2) is 25.8 Å². The quantitative estimate of drug-likeness (QED) is 0.854. The fraction of sp³-hybridized carbons (Fsp3) is 0.600. The van der Waals surface area contributed by atoms with Crippen molar-refractivity contribution in [2.45, 2.75) is 44.9 Å². The second kappa shape index (κ2) is 5.37. The number of sulfonamides is 1. The van der Waals surface area contributed by atoms with Crippen LogP contribution in [0, 0.1) is 12.3 Å². The Bertz CT molecular complexity index is 594. The van der Waals surface area contributed by atoms with Gasteiger partial charge in [0.25, 0.3) is 0 Å². The summed E-state index contributed by atoms with van der Waals surface area (Å²) in [5.74, 6) is 0. The molecule has 5 heteroatoms. The third-order valence-electron chi connectivity index (χ3n) is 4.13. The fourth-order valence-corrected chi connectivity index (χ4v) is 4.41. The largest absolute Gasteiger partial charge is 0.399 e. The van der Waals surface area contributed by atoms with E-state index in [-0.39, 0.29) is 5.41 Å². The van der Waals surface area contributed by atoms with Gasteiger partial charge in [0.05, 0.1) is 4.90 Å². The van der Waals surface area contributed by atoms with Gasteiger partial charge in [-0.2, -0.15) is 4.31 Å². The van der Waals surface area contributed by atoms with E-state index in [9.17, 15) is 8.42 Å². The molecule has 0 amide bonds. The van der Waals surface area contributed by atoms with E-state index in [2.05, 4.69) is 13.8 Å². The summed E-state index contributed by atoms with van der Waals surface area (Å²) < 4.78 is 27.2. The van der Waals surface area contributed by atoms with Gasteiger partial charge < -0.3 is 5.73 Å². The molecule has 1 fully saturated rings. The molecule has 0 aromatic heterocycles. The van der Waals surface area contributed by atoms with Gasteiger partial charge >= 0.3 is 0 Å². The van der Waals surface area contributed by atoms with Gasteiger partial charge in [-0.15, -0.1) is 0 Å². The van der Waals surface area contributed by atoms with Gasteiger partial charge in [-0.3, -0.25) is 0 Å². The van der Waals surface area contributed by atoms with E-state index in [0.717, 1.165) is 24.8 Å². The standard InChI is InChI=1S/C15H24N2O2S/c1-12-5-6-13(16)11-14(12)20(18,19)17-9-4-7-15(2,3)8-10-17/h5-6,11H,4,7-10,16H2,1-3H3. The minimum Gasteiger partial charge on any atom is -0.399 e. The van der Waals surface area contributed by atoms with Crippen LogP contribution in [0.15, 0.2) is 23.1 Å². The van der Waals surface area contributed by atoms with E-state index in [0.29, 0.717) is 23.7 Å². The van der Waals surface area contributed by atoms with Crippen molar-refractivity contribution in [3.8, 4) is 0 Å². The number of anilines is 1. The first kappa shape index (κ1) is 15.3. The van der Waals surface area contributed by atoms with E-state index in [4.69, 9.17) is 5.73 Å². The molecule has 112 valence electrons. The normalized spacial score (nSPS) is 20.6. The van der Waals surface area contributed by atoms with Gasteiger partial charge in [0.15, 0.2) is 0 Å². The summed E-state index contributed by atoms with van der Waals surface area (Å²) in [6.07, 6.45) is 2.87. The van der Waals surface area contributed by atoms with Gasteiger partial charge in [0.1, 0.15) is 0 Å². The first-order chi connectivity index (χ1) is 9.22. The lowest BCUT2D eigenvalue weighted by Gasteiger charge is -2.23. The predicted octanol–water partition coefficient (Wildman–Crippen LogP) is 2.78. The molecule has 0 radical (unpaired) electrons. The van der Waals surface area contributed by atoms with E-state index in [1.807, 2.05) is 6.92 Å². The van der Waals surface area contributed by atoms with E-state index in [1.165, 1.54) is 0 Å². The number of hydrogen-bond donors (Lipinski definition) is 1. The fourth-order valence-electron chi connectivity index (χ4n) is 2.67. The number of benzene rings is 1. The molecule has 1 saturated heterocycles. The van der Waals surface area contributed by atoms with Crippen LogP contribution in [-0.2, 0) is 10.0 Å². The maximum atomic E-state index is 12.8. The zero-order chi connectivity index (χ0) is 15.0. The highest BCUT2D eigenvalue weighted by atomic mass is 32.2. The van der Waals surface area contributed by atoms with Crippen molar-refractivity contribution >= 4 is 15.7 Å². The summed E-state index contributed by atoms with van der Waals surface area (Å²) >= 11 is 0. The lowest BCUT2D eigenvalue weighted by atomic mass is 9.85. The van der Waals surface area contributed by atoms with E-state index < -0.39 is 10.0 Å². The molecular formula is C15H24N2O2S. The molecule has 0 unspecified atom stereocenters. The molecule has 0 spiro atoms. The zero-order valence-electron chi connectivity index (χ0n) is 12.5. The number of aryl methyl sites for hydroxylation is 1. The topological polar surface area (TPSA) is 63.4 Å². The molecule has 2 rings (SSSR count). The van der Waals surface area contributed by atoms with Gasteiger partial charge in [0.2, 0.25) is 10.0 Å². The highest BCUT2D eigenvalue weighted by Gasteiger charge is 2.31. The molecule has 0 aliphatic carbocycles. The Balaban J connectivity index is 2.33. The van der Waals surface area contributed by atoms with Crippen LogP contribution in [0.3, 0.4) is 0 Å². The molecule has 1 aromatic carbocycles. The van der Waals surface area contributed by atoms with Gasteiger partial charge in [-0.25, -0.2) is 8.42 Å². The summed E-state index contributed by atoms with van der Waals surface area (Å²) in [5.41, 5.74) is 7.20. The van der Waals surface area contributed by atoms with Crippen LogP contribution in [0.4, 0.5) is 5.69 Å².